The minimum Gasteiger partial charge on any atom is -0.472 e. The van der Waals surface area contributed by atoms with Crippen molar-refractivity contribution < 1.29 is 14.3 Å². The first-order chi connectivity index (χ1) is 20.0. The second-order valence-corrected chi connectivity index (χ2v) is 10.7. The minimum atomic E-state index is -0.0696. The molecule has 0 bridgehead atoms. The van der Waals surface area contributed by atoms with E-state index in [0.717, 1.165) is 42.4 Å². The van der Waals surface area contributed by atoms with E-state index in [0.29, 0.717) is 54.0 Å². The van der Waals surface area contributed by atoms with Crippen molar-refractivity contribution in [3.8, 4) is 17.0 Å². The third-order valence-corrected chi connectivity index (χ3v) is 8.13. The molecule has 12 heteroatoms. The van der Waals surface area contributed by atoms with E-state index in [-0.39, 0.29) is 24.6 Å². The zero-order valence-electron chi connectivity index (χ0n) is 22.4. The molecule has 2 amide bonds. The molecule has 0 aliphatic carbocycles. The van der Waals surface area contributed by atoms with Crippen molar-refractivity contribution in [1.82, 2.24) is 29.7 Å². The summed E-state index contributed by atoms with van der Waals surface area (Å²) in [6.07, 6.45) is 7.92. The number of carbonyl (C=O) groups excluding carboxylic acids is 2. The molecule has 1 aromatic carbocycles. The van der Waals surface area contributed by atoms with Crippen molar-refractivity contribution in [3.05, 3.63) is 60.1 Å². The molecular formula is C29H31ClN8O3. The van der Waals surface area contributed by atoms with Gasteiger partial charge < -0.3 is 30.2 Å². The molecule has 0 radical (unpaired) electrons. The summed E-state index contributed by atoms with van der Waals surface area (Å²) >= 11 is 6.61. The first-order valence-electron chi connectivity index (χ1n) is 13.7. The number of fused-ring (bicyclic) bond motifs is 1. The van der Waals surface area contributed by atoms with Crippen LogP contribution < -0.4 is 20.7 Å². The van der Waals surface area contributed by atoms with Gasteiger partial charge in [-0.1, -0.05) is 29.8 Å². The van der Waals surface area contributed by atoms with Crippen LogP contribution in [-0.2, 0) is 16.1 Å². The van der Waals surface area contributed by atoms with Gasteiger partial charge >= 0.3 is 0 Å². The Morgan fingerprint density at radius 3 is 2.68 bits per heavy atom. The third-order valence-electron chi connectivity index (χ3n) is 7.80. The SMILES string of the molecule is Nc1ncccc1N(C=O)C1CCN(C(=O)Cn2cc(-c3ccccc3Cl)c3c(OC4CCNC4)ncnc32)CC1. The molecule has 11 nitrogen and oxygen atoms in total. The zero-order chi connectivity index (χ0) is 28.3. The number of ether oxygens (including phenoxy) is 1. The fourth-order valence-corrected chi connectivity index (χ4v) is 5.92. The van der Waals surface area contributed by atoms with Gasteiger partial charge in [-0.25, -0.2) is 15.0 Å². The number of nitrogen functional groups attached to an aromatic ring is 1. The van der Waals surface area contributed by atoms with Crippen molar-refractivity contribution in [2.45, 2.75) is 38.0 Å². The van der Waals surface area contributed by atoms with Crippen LogP contribution in [0.1, 0.15) is 19.3 Å². The zero-order valence-corrected chi connectivity index (χ0v) is 23.2. The van der Waals surface area contributed by atoms with Gasteiger partial charge in [-0.2, -0.15) is 0 Å². The van der Waals surface area contributed by atoms with Gasteiger partial charge in [0.15, 0.2) is 0 Å². The Bertz CT molecular complexity index is 1560. The maximum atomic E-state index is 13.5. The number of pyridine rings is 1. The van der Waals surface area contributed by atoms with Gasteiger partial charge in [0.05, 0.1) is 11.1 Å². The molecule has 3 aromatic heterocycles. The second-order valence-electron chi connectivity index (χ2n) is 10.3. The summed E-state index contributed by atoms with van der Waals surface area (Å²) < 4.78 is 8.15. The molecule has 2 saturated heterocycles. The van der Waals surface area contributed by atoms with Gasteiger partial charge in [-0.15, -0.1) is 0 Å². The number of nitrogens with zero attached hydrogens (tertiary/aromatic N) is 6. The Balaban J connectivity index is 1.24. The number of hydrogen-bond acceptors (Lipinski definition) is 8. The van der Waals surface area contributed by atoms with E-state index in [4.69, 9.17) is 22.1 Å². The van der Waals surface area contributed by atoms with Crippen LogP contribution in [0.25, 0.3) is 22.2 Å². The molecule has 0 spiro atoms. The maximum absolute atomic E-state index is 13.5. The molecule has 5 heterocycles. The highest BCUT2D eigenvalue weighted by Gasteiger charge is 2.29. The highest BCUT2D eigenvalue weighted by atomic mass is 35.5. The van der Waals surface area contributed by atoms with Crippen LogP contribution in [0.3, 0.4) is 0 Å². The van der Waals surface area contributed by atoms with E-state index in [2.05, 4.69) is 20.3 Å². The van der Waals surface area contributed by atoms with Crippen LogP contribution in [0.4, 0.5) is 11.5 Å². The number of likely N-dealkylation sites (tertiary alicyclic amines) is 1. The molecule has 2 fully saturated rings. The molecule has 2 aliphatic rings. The first kappa shape index (κ1) is 27.0. The van der Waals surface area contributed by atoms with Crippen LogP contribution in [0.15, 0.2) is 55.1 Å². The van der Waals surface area contributed by atoms with Crippen LogP contribution in [0, 0.1) is 0 Å². The average Bonchev–Trinajstić information content (AvgIpc) is 3.64. The van der Waals surface area contributed by atoms with E-state index in [1.807, 2.05) is 39.9 Å². The Labute approximate surface area is 242 Å². The second kappa shape index (κ2) is 11.7. The van der Waals surface area contributed by atoms with Gasteiger partial charge in [-0.3, -0.25) is 9.59 Å². The number of benzene rings is 1. The number of halogens is 1. The van der Waals surface area contributed by atoms with Crippen molar-refractivity contribution in [2.75, 3.05) is 36.8 Å². The monoisotopic (exact) mass is 574 g/mol. The Kier molecular flexibility index (Phi) is 7.71. The van der Waals surface area contributed by atoms with E-state index >= 15 is 0 Å². The molecule has 41 heavy (non-hydrogen) atoms. The fraction of sp³-hybridized carbons (Fsp3) is 0.345. The predicted octanol–water partition coefficient (Wildman–Crippen LogP) is 3.12. The Hall–Kier alpha value is -4.22. The highest BCUT2D eigenvalue weighted by molar-refractivity contribution is 6.33. The Morgan fingerprint density at radius 1 is 1.12 bits per heavy atom. The fourth-order valence-electron chi connectivity index (χ4n) is 5.68. The number of piperidine rings is 1. The van der Waals surface area contributed by atoms with E-state index in [9.17, 15) is 9.59 Å². The van der Waals surface area contributed by atoms with Gasteiger partial charge in [0.1, 0.15) is 30.4 Å². The highest BCUT2D eigenvalue weighted by Crippen LogP contribution is 2.38. The molecule has 4 aromatic rings. The summed E-state index contributed by atoms with van der Waals surface area (Å²) in [5.74, 6) is 0.751. The molecular weight excluding hydrogens is 544 g/mol. The maximum Gasteiger partial charge on any atom is 0.242 e. The van der Waals surface area contributed by atoms with Crippen LogP contribution in [0.5, 0.6) is 5.88 Å². The summed E-state index contributed by atoms with van der Waals surface area (Å²) in [5, 5.41) is 4.63. The number of aromatic nitrogens is 4. The lowest BCUT2D eigenvalue weighted by Crippen LogP contribution is -2.47. The third kappa shape index (κ3) is 5.42. The molecule has 6 rings (SSSR count). The summed E-state index contributed by atoms with van der Waals surface area (Å²) in [6, 6.07) is 11.0. The molecule has 1 atom stereocenters. The van der Waals surface area contributed by atoms with Gasteiger partial charge in [0, 0.05) is 54.2 Å². The topological polar surface area (TPSA) is 132 Å². The Morgan fingerprint density at radius 2 is 1.95 bits per heavy atom. The average molecular weight is 575 g/mol. The summed E-state index contributed by atoms with van der Waals surface area (Å²) in [4.78, 5) is 42.1. The van der Waals surface area contributed by atoms with Crippen molar-refractivity contribution in [1.29, 1.82) is 0 Å². The number of carbonyl (C=O) groups is 2. The van der Waals surface area contributed by atoms with Gasteiger partial charge in [0.2, 0.25) is 18.2 Å². The van der Waals surface area contributed by atoms with Crippen molar-refractivity contribution >= 4 is 46.5 Å². The van der Waals surface area contributed by atoms with Gasteiger partial charge in [0.25, 0.3) is 0 Å². The number of hydrogen-bond donors (Lipinski definition) is 2. The van der Waals surface area contributed by atoms with Gasteiger partial charge in [-0.05, 0) is 44.0 Å². The number of nitrogens with one attached hydrogen (secondary N) is 1. The van der Waals surface area contributed by atoms with E-state index in [1.54, 1.807) is 23.2 Å². The van der Waals surface area contributed by atoms with E-state index < -0.39 is 0 Å². The summed E-state index contributed by atoms with van der Waals surface area (Å²) in [6.45, 7) is 2.77. The van der Waals surface area contributed by atoms with Crippen LogP contribution in [-0.4, -0.2) is 75.1 Å². The minimum absolute atomic E-state index is 0.00595. The number of rotatable bonds is 8. The molecule has 2 aliphatic heterocycles. The molecule has 212 valence electrons. The lowest BCUT2D eigenvalue weighted by atomic mass is 10.0. The van der Waals surface area contributed by atoms with Crippen LogP contribution >= 0.6 is 11.6 Å². The van der Waals surface area contributed by atoms with Crippen LogP contribution in [0.2, 0.25) is 5.02 Å². The number of nitrogens with two attached hydrogens (primary N) is 1. The first-order valence-corrected chi connectivity index (χ1v) is 14.1. The quantitative estimate of drug-likeness (QED) is 0.307. The van der Waals surface area contributed by atoms with E-state index in [1.165, 1.54) is 6.33 Å². The predicted molar refractivity (Wildman–Crippen MR) is 157 cm³/mol. The van der Waals surface area contributed by atoms with Crippen molar-refractivity contribution in [3.63, 3.8) is 0 Å². The standard InChI is InChI=1S/C29H31ClN8O3/c30-23-5-2-1-4-21(23)22-15-37(28-26(22)29(35-17-34-28)41-20-7-11-32-14-20)16-25(40)36-12-8-19(9-13-36)38(18-39)24-6-3-10-33-27(24)31/h1-6,10,15,17-20,32H,7-9,11-14,16H2,(H2,31,33). The summed E-state index contributed by atoms with van der Waals surface area (Å²) in [5.41, 5.74) is 8.84. The molecule has 1 unspecified atom stereocenters. The normalized spacial score (nSPS) is 17.6. The molecule has 3 N–H and O–H groups in total. The largest absolute Gasteiger partial charge is 0.472 e. The number of amides is 2. The van der Waals surface area contributed by atoms with Crippen molar-refractivity contribution in [2.24, 2.45) is 0 Å². The lowest BCUT2D eigenvalue weighted by Gasteiger charge is -2.37. The smallest absolute Gasteiger partial charge is 0.242 e. The number of anilines is 2. The summed E-state index contributed by atoms with van der Waals surface area (Å²) in [7, 11) is 0. The lowest BCUT2D eigenvalue weighted by molar-refractivity contribution is -0.132. The molecule has 0 saturated carbocycles.